The van der Waals surface area contributed by atoms with Gasteiger partial charge in [-0.25, -0.2) is 8.42 Å². The molecular formula is C14H21NO4S. The van der Waals surface area contributed by atoms with Crippen LogP contribution in [0.3, 0.4) is 0 Å². The van der Waals surface area contributed by atoms with Gasteiger partial charge >= 0.3 is 0 Å². The molecule has 0 saturated carbocycles. The Kier molecular flexibility index (Phi) is 4.20. The summed E-state index contributed by atoms with van der Waals surface area (Å²) < 4.78 is 32.6. The Morgan fingerprint density at radius 3 is 2.70 bits per heavy atom. The summed E-state index contributed by atoms with van der Waals surface area (Å²) >= 11 is 0. The molecule has 1 fully saturated rings. The number of benzene rings is 1. The number of ether oxygens (including phenoxy) is 1. The fourth-order valence-corrected chi connectivity index (χ4v) is 4.54. The van der Waals surface area contributed by atoms with Crippen LogP contribution in [0.1, 0.15) is 25.0 Å². The molecule has 1 aromatic carbocycles. The largest absolute Gasteiger partial charge is 0.392 e. The number of aliphatic hydroxyl groups excluding tert-OH is 1. The molecular weight excluding hydrogens is 278 g/mol. The molecule has 0 aromatic heterocycles. The lowest BCUT2D eigenvalue weighted by Crippen LogP contribution is -2.55. The molecule has 5 nitrogen and oxygen atoms in total. The van der Waals surface area contributed by atoms with Gasteiger partial charge in [0.05, 0.1) is 30.3 Å². The van der Waals surface area contributed by atoms with Crippen LogP contribution in [-0.2, 0) is 21.4 Å². The van der Waals surface area contributed by atoms with Gasteiger partial charge in [-0.05, 0) is 38.0 Å². The molecule has 0 spiro atoms. The van der Waals surface area contributed by atoms with Crippen molar-refractivity contribution in [3.05, 3.63) is 29.3 Å². The Bertz CT molecular complexity index is 595. The van der Waals surface area contributed by atoms with Gasteiger partial charge in [-0.15, -0.1) is 0 Å². The highest BCUT2D eigenvalue weighted by atomic mass is 32.2. The van der Waals surface area contributed by atoms with E-state index in [-0.39, 0.29) is 11.5 Å². The van der Waals surface area contributed by atoms with Gasteiger partial charge in [-0.2, -0.15) is 4.31 Å². The number of hydrogen-bond acceptors (Lipinski definition) is 4. The molecule has 1 aliphatic heterocycles. The van der Waals surface area contributed by atoms with Gasteiger partial charge in [-0.3, -0.25) is 0 Å². The highest BCUT2D eigenvalue weighted by molar-refractivity contribution is 7.89. The molecule has 0 aliphatic carbocycles. The van der Waals surface area contributed by atoms with Crippen molar-refractivity contribution in [2.75, 3.05) is 19.8 Å². The van der Waals surface area contributed by atoms with E-state index in [1.54, 1.807) is 25.1 Å². The van der Waals surface area contributed by atoms with Crippen LogP contribution in [0.5, 0.6) is 0 Å². The number of rotatable bonds is 3. The van der Waals surface area contributed by atoms with Gasteiger partial charge in [0.1, 0.15) is 0 Å². The minimum Gasteiger partial charge on any atom is -0.392 e. The Labute approximate surface area is 120 Å². The van der Waals surface area contributed by atoms with Crippen molar-refractivity contribution in [1.29, 1.82) is 0 Å². The van der Waals surface area contributed by atoms with E-state index in [1.165, 1.54) is 4.31 Å². The molecule has 1 aliphatic rings. The van der Waals surface area contributed by atoms with E-state index in [2.05, 4.69) is 0 Å². The first-order valence-corrected chi connectivity index (χ1v) is 8.04. The van der Waals surface area contributed by atoms with Crippen LogP contribution in [0.2, 0.25) is 0 Å². The van der Waals surface area contributed by atoms with Crippen molar-refractivity contribution in [2.24, 2.45) is 0 Å². The van der Waals surface area contributed by atoms with Gasteiger partial charge in [0, 0.05) is 6.54 Å². The topological polar surface area (TPSA) is 66.8 Å². The molecule has 1 N–H and O–H groups in total. The maximum Gasteiger partial charge on any atom is 0.243 e. The van der Waals surface area contributed by atoms with Gasteiger partial charge in [0.15, 0.2) is 0 Å². The number of nitrogens with zero attached hydrogens (tertiary/aromatic N) is 1. The predicted octanol–water partition coefficient (Wildman–Crippen LogP) is 1.29. The lowest BCUT2D eigenvalue weighted by atomic mass is 10.1. The third-order valence-corrected chi connectivity index (χ3v) is 5.96. The van der Waals surface area contributed by atoms with Crippen molar-refractivity contribution in [1.82, 2.24) is 4.31 Å². The first-order chi connectivity index (χ1) is 9.30. The van der Waals surface area contributed by atoms with Crippen LogP contribution >= 0.6 is 0 Å². The van der Waals surface area contributed by atoms with Gasteiger partial charge in [0.25, 0.3) is 0 Å². The molecule has 0 atom stereocenters. The molecule has 0 radical (unpaired) electrons. The second kappa shape index (κ2) is 5.44. The SMILES string of the molecule is Cc1c(CO)cccc1S(=O)(=O)N1CCOCC1(C)C. The molecule has 2 rings (SSSR count). The Morgan fingerprint density at radius 1 is 1.40 bits per heavy atom. The van der Waals surface area contributed by atoms with E-state index in [9.17, 15) is 13.5 Å². The van der Waals surface area contributed by atoms with Gasteiger partial charge in [-0.1, -0.05) is 12.1 Å². The summed E-state index contributed by atoms with van der Waals surface area (Å²) in [6.45, 7) is 6.40. The van der Waals surface area contributed by atoms with E-state index in [4.69, 9.17) is 4.74 Å². The average molecular weight is 299 g/mol. The predicted molar refractivity (Wildman–Crippen MR) is 75.9 cm³/mol. The molecule has 0 amide bonds. The third kappa shape index (κ3) is 2.61. The van der Waals surface area contributed by atoms with E-state index >= 15 is 0 Å². The summed E-state index contributed by atoms with van der Waals surface area (Å²) in [6, 6.07) is 4.99. The molecule has 20 heavy (non-hydrogen) atoms. The number of morpholine rings is 1. The molecule has 6 heteroatoms. The van der Waals surface area contributed by atoms with Crippen LogP contribution in [0, 0.1) is 6.92 Å². The van der Waals surface area contributed by atoms with Crippen molar-refractivity contribution >= 4 is 10.0 Å². The fourth-order valence-electron chi connectivity index (χ4n) is 2.52. The summed E-state index contributed by atoms with van der Waals surface area (Å²) in [5, 5.41) is 9.29. The van der Waals surface area contributed by atoms with Crippen molar-refractivity contribution in [2.45, 2.75) is 37.8 Å². The zero-order valence-corrected chi connectivity index (χ0v) is 12.9. The number of sulfonamides is 1. The third-order valence-electron chi connectivity index (χ3n) is 3.70. The van der Waals surface area contributed by atoms with E-state index in [0.717, 1.165) is 0 Å². The van der Waals surface area contributed by atoms with Crippen LogP contribution in [0.25, 0.3) is 0 Å². The van der Waals surface area contributed by atoms with Crippen molar-refractivity contribution < 1.29 is 18.3 Å². The quantitative estimate of drug-likeness (QED) is 0.913. The van der Waals surface area contributed by atoms with Gasteiger partial charge < -0.3 is 9.84 Å². The average Bonchev–Trinajstić information content (AvgIpc) is 2.37. The summed E-state index contributed by atoms with van der Waals surface area (Å²) in [4.78, 5) is 0.263. The van der Waals surface area contributed by atoms with Gasteiger partial charge in [0.2, 0.25) is 10.0 Å². The van der Waals surface area contributed by atoms with Crippen molar-refractivity contribution in [3.63, 3.8) is 0 Å². The summed E-state index contributed by atoms with van der Waals surface area (Å²) in [5.74, 6) is 0. The first kappa shape index (κ1) is 15.4. The molecule has 1 saturated heterocycles. The Hall–Kier alpha value is -0.950. The highest BCUT2D eigenvalue weighted by Crippen LogP contribution is 2.29. The van der Waals surface area contributed by atoms with E-state index < -0.39 is 15.6 Å². The maximum absolute atomic E-state index is 12.9. The standard InChI is InChI=1S/C14H21NO4S/c1-11-12(9-16)5-4-6-13(11)20(17,18)15-7-8-19-10-14(15,2)3/h4-6,16H,7-10H2,1-3H3. The van der Waals surface area contributed by atoms with Crippen LogP contribution in [0.15, 0.2) is 23.1 Å². The molecule has 112 valence electrons. The van der Waals surface area contributed by atoms with Crippen LogP contribution in [-0.4, -0.2) is 43.1 Å². The minimum atomic E-state index is -3.59. The van der Waals surface area contributed by atoms with E-state index in [1.807, 2.05) is 13.8 Å². The smallest absolute Gasteiger partial charge is 0.243 e. The van der Waals surface area contributed by atoms with E-state index in [0.29, 0.717) is 30.9 Å². The molecule has 1 aromatic rings. The first-order valence-electron chi connectivity index (χ1n) is 6.60. The molecule has 0 unspecified atom stereocenters. The lowest BCUT2D eigenvalue weighted by Gasteiger charge is -2.41. The second-order valence-electron chi connectivity index (χ2n) is 5.64. The van der Waals surface area contributed by atoms with Crippen LogP contribution < -0.4 is 0 Å². The van der Waals surface area contributed by atoms with Crippen molar-refractivity contribution in [3.8, 4) is 0 Å². The molecule has 0 bridgehead atoms. The zero-order chi connectivity index (χ0) is 15.0. The lowest BCUT2D eigenvalue weighted by molar-refractivity contribution is -0.00772. The summed E-state index contributed by atoms with van der Waals surface area (Å²) in [6.07, 6.45) is 0. The number of hydrogen-bond donors (Lipinski definition) is 1. The number of aliphatic hydroxyl groups is 1. The Balaban J connectivity index is 2.50. The summed E-state index contributed by atoms with van der Waals surface area (Å²) in [7, 11) is -3.59. The molecule has 1 heterocycles. The zero-order valence-electron chi connectivity index (χ0n) is 12.1. The monoisotopic (exact) mass is 299 g/mol. The Morgan fingerprint density at radius 2 is 2.10 bits per heavy atom. The highest BCUT2D eigenvalue weighted by Gasteiger charge is 2.40. The minimum absolute atomic E-state index is 0.165. The fraction of sp³-hybridized carbons (Fsp3) is 0.571. The second-order valence-corrected chi connectivity index (χ2v) is 7.47. The maximum atomic E-state index is 12.9. The van der Waals surface area contributed by atoms with Crippen LogP contribution in [0.4, 0.5) is 0 Å². The normalized spacial score (nSPS) is 20.0. The summed E-state index contributed by atoms with van der Waals surface area (Å²) in [5.41, 5.74) is 0.674.